The van der Waals surface area contributed by atoms with Gasteiger partial charge >= 0.3 is 0 Å². The van der Waals surface area contributed by atoms with E-state index in [4.69, 9.17) is 10.1 Å². The van der Waals surface area contributed by atoms with Crippen LogP contribution in [0.5, 0.6) is 0 Å². The Labute approximate surface area is 224 Å². The Hall–Kier alpha value is -4.12. The van der Waals surface area contributed by atoms with E-state index in [9.17, 15) is 0 Å². The molecule has 2 N–H and O–H groups in total. The molecule has 0 radical (unpaired) electrons. The van der Waals surface area contributed by atoms with Gasteiger partial charge in [0.2, 0.25) is 0 Å². The van der Waals surface area contributed by atoms with Crippen molar-refractivity contribution in [1.29, 1.82) is 0 Å². The maximum absolute atomic E-state index is 8.81. The molecule has 6 aromatic rings. The molecule has 0 fully saturated rings. The van der Waals surface area contributed by atoms with Crippen LogP contribution in [0.4, 0.5) is 0 Å². The minimum atomic E-state index is -0.500. The fraction of sp³-hybridized carbons (Fsp3) is 0.273. The van der Waals surface area contributed by atoms with Gasteiger partial charge in [-0.05, 0) is 58.4 Å². The van der Waals surface area contributed by atoms with E-state index in [0.29, 0.717) is 0 Å². The molecule has 0 spiro atoms. The summed E-state index contributed by atoms with van der Waals surface area (Å²) in [4.78, 5) is 15.2. The highest BCUT2D eigenvalue weighted by Crippen LogP contribution is 2.33. The predicted octanol–water partition coefficient (Wildman–Crippen LogP) is 9.13. The van der Waals surface area contributed by atoms with Gasteiger partial charge in [-0.25, -0.2) is 0 Å². The summed E-state index contributed by atoms with van der Waals surface area (Å²) < 4.78 is 0. The molecule has 5 heteroatoms. The molecule has 0 saturated carbocycles. The number of nitrogens with one attached hydrogen (secondary N) is 2. The number of nitrogens with zero attached hydrogens (tertiary/aromatic N) is 1. The number of rotatable bonds is 0. The van der Waals surface area contributed by atoms with E-state index in [1.54, 1.807) is 0 Å². The number of benzene rings is 4. The topological polar surface area (TPSA) is 74.7 Å². The van der Waals surface area contributed by atoms with E-state index in [1.807, 2.05) is 0 Å². The second-order valence-corrected chi connectivity index (χ2v) is 11.8. The number of aromatic nitrogens is 2. The van der Waals surface area contributed by atoms with Crippen LogP contribution < -0.4 is 0 Å². The van der Waals surface area contributed by atoms with Gasteiger partial charge in [-0.15, -0.1) is 0 Å². The van der Waals surface area contributed by atoms with Gasteiger partial charge in [-0.3, -0.25) is 10.1 Å². The zero-order valence-electron chi connectivity index (χ0n) is 23.3. The van der Waals surface area contributed by atoms with Crippen molar-refractivity contribution < 1.29 is 4.92 Å². The zero-order chi connectivity index (χ0) is 27.7. The first kappa shape index (κ1) is 26.9. The van der Waals surface area contributed by atoms with Crippen molar-refractivity contribution >= 4 is 43.6 Å². The highest BCUT2D eigenvalue weighted by atomic mass is 16.6. The van der Waals surface area contributed by atoms with Gasteiger partial charge in [0, 0.05) is 48.5 Å². The molecular formula is C33H37N3O2. The summed E-state index contributed by atoms with van der Waals surface area (Å²) in [6, 6.07) is 30.4. The number of hydrogen-bond acceptors (Lipinski definition) is 2. The van der Waals surface area contributed by atoms with Crippen LogP contribution in [-0.2, 0) is 10.8 Å². The number of nitro groups is 1. The van der Waals surface area contributed by atoms with Gasteiger partial charge in [0.25, 0.3) is 0 Å². The number of aromatic amines is 2. The van der Waals surface area contributed by atoms with Crippen LogP contribution in [0.3, 0.4) is 0 Å². The third-order valence-electron chi connectivity index (χ3n) is 6.74. The molecular weight excluding hydrogens is 470 g/mol. The minimum absolute atomic E-state index is 0.180. The number of H-pyrrole nitrogens is 2. The standard InChI is InChI=1S/C20H25N.C12H9N.CH3NO2/c1-19(2,3)13-7-9-17-15(11-13)16-12-14(20(4,5)6)8-10-18(16)21-17;1-3-7-11-9(5-1)10-6-2-4-8-12(10)13-11;1-2(3)4/h7-12,21H,1-6H3;1-8,13H;1H3. The van der Waals surface area contributed by atoms with E-state index in [-0.39, 0.29) is 10.8 Å². The van der Waals surface area contributed by atoms with Crippen LogP contribution in [0.25, 0.3) is 43.6 Å². The average Bonchev–Trinajstić information content (AvgIpc) is 3.40. The molecule has 38 heavy (non-hydrogen) atoms. The molecule has 0 saturated heterocycles. The Bertz CT molecular complexity index is 1600. The summed E-state index contributed by atoms with van der Waals surface area (Å²) in [6.45, 7) is 13.6. The molecule has 0 amide bonds. The van der Waals surface area contributed by atoms with Crippen molar-refractivity contribution in [1.82, 2.24) is 9.97 Å². The molecule has 196 valence electrons. The SMILES string of the molecule is CC(C)(C)c1ccc2[nH]c3ccc(C(C)(C)C)cc3c2c1.C[N+](=O)[O-].c1ccc2c(c1)[nH]c1ccccc12. The second-order valence-electron chi connectivity index (χ2n) is 11.8. The lowest BCUT2D eigenvalue weighted by molar-refractivity contribution is -0.445. The second kappa shape index (κ2) is 10.3. The van der Waals surface area contributed by atoms with E-state index < -0.39 is 4.92 Å². The molecule has 0 aliphatic heterocycles. The summed E-state index contributed by atoms with van der Waals surface area (Å²) in [7, 11) is 0.889. The Morgan fingerprint density at radius 1 is 0.553 bits per heavy atom. The monoisotopic (exact) mass is 507 g/mol. The summed E-state index contributed by atoms with van der Waals surface area (Å²) in [5.41, 5.74) is 8.01. The average molecular weight is 508 g/mol. The van der Waals surface area contributed by atoms with Crippen molar-refractivity contribution in [2.45, 2.75) is 52.4 Å². The molecule has 4 aromatic carbocycles. The van der Waals surface area contributed by atoms with Crippen molar-refractivity contribution in [2.24, 2.45) is 0 Å². The van der Waals surface area contributed by atoms with Crippen LogP contribution in [-0.4, -0.2) is 21.9 Å². The first-order chi connectivity index (χ1) is 17.8. The van der Waals surface area contributed by atoms with E-state index in [2.05, 4.69) is 136 Å². The van der Waals surface area contributed by atoms with Gasteiger partial charge in [-0.1, -0.05) is 90.1 Å². The lowest BCUT2D eigenvalue weighted by Crippen LogP contribution is -2.10. The largest absolute Gasteiger partial charge is 0.355 e. The molecule has 0 atom stereocenters. The van der Waals surface area contributed by atoms with Crippen molar-refractivity contribution in [2.75, 3.05) is 7.05 Å². The van der Waals surface area contributed by atoms with Crippen LogP contribution in [0.2, 0.25) is 0 Å². The van der Waals surface area contributed by atoms with Crippen molar-refractivity contribution in [3.8, 4) is 0 Å². The first-order valence-corrected chi connectivity index (χ1v) is 12.9. The van der Waals surface area contributed by atoms with Crippen LogP contribution in [0, 0.1) is 10.1 Å². The molecule has 0 bridgehead atoms. The van der Waals surface area contributed by atoms with Crippen molar-refractivity contribution in [3.63, 3.8) is 0 Å². The third kappa shape index (κ3) is 5.88. The van der Waals surface area contributed by atoms with E-state index in [1.165, 1.54) is 54.7 Å². The minimum Gasteiger partial charge on any atom is -0.355 e. The number of para-hydroxylation sites is 2. The Balaban J connectivity index is 0.000000167. The first-order valence-electron chi connectivity index (χ1n) is 12.9. The van der Waals surface area contributed by atoms with Gasteiger partial charge in [-0.2, -0.15) is 0 Å². The lowest BCUT2D eigenvalue weighted by Gasteiger charge is -2.19. The highest BCUT2D eigenvalue weighted by molar-refractivity contribution is 6.08. The third-order valence-corrected chi connectivity index (χ3v) is 6.74. The van der Waals surface area contributed by atoms with E-state index in [0.717, 1.165) is 7.05 Å². The van der Waals surface area contributed by atoms with Gasteiger partial charge < -0.3 is 9.97 Å². The molecule has 2 heterocycles. The lowest BCUT2D eigenvalue weighted by atomic mass is 9.85. The van der Waals surface area contributed by atoms with Crippen molar-refractivity contribution in [3.05, 3.63) is 106 Å². The fourth-order valence-corrected chi connectivity index (χ4v) is 4.63. The molecule has 0 unspecified atom stereocenters. The summed E-state index contributed by atoms with van der Waals surface area (Å²) in [5, 5.41) is 14.1. The number of hydrogen-bond donors (Lipinski definition) is 2. The molecule has 0 aliphatic carbocycles. The highest BCUT2D eigenvalue weighted by Gasteiger charge is 2.17. The van der Waals surface area contributed by atoms with Crippen LogP contribution in [0.1, 0.15) is 52.7 Å². The Kier molecular flexibility index (Phi) is 7.32. The zero-order valence-corrected chi connectivity index (χ0v) is 23.3. The Morgan fingerprint density at radius 2 is 0.868 bits per heavy atom. The summed E-state index contributed by atoms with van der Waals surface area (Å²) in [6.07, 6.45) is 0. The predicted molar refractivity (Wildman–Crippen MR) is 162 cm³/mol. The van der Waals surface area contributed by atoms with Gasteiger partial charge in [0.1, 0.15) is 0 Å². The molecule has 2 aromatic heterocycles. The summed E-state index contributed by atoms with van der Waals surface area (Å²) >= 11 is 0. The molecule has 0 aliphatic rings. The van der Waals surface area contributed by atoms with Crippen LogP contribution in [0.15, 0.2) is 84.9 Å². The molecule has 6 rings (SSSR count). The van der Waals surface area contributed by atoms with Gasteiger partial charge in [0.15, 0.2) is 7.05 Å². The van der Waals surface area contributed by atoms with Gasteiger partial charge in [0.05, 0.1) is 0 Å². The maximum Gasteiger partial charge on any atom is 0.194 e. The number of fused-ring (bicyclic) bond motifs is 6. The quantitative estimate of drug-likeness (QED) is 0.159. The van der Waals surface area contributed by atoms with E-state index >= 15 is 0 Å². The van der Waals surface area contributed by atoms with Crippen LogP contribution >= 0.6 is 0 Å². The Morgan fingerprint density at radius 3 is 1.21 bits per heavy atom. The summed E-state index contributed by atoms with van der Waals surface area (Å²) in [5.74, 6) is 0. The smallest absolute Gasteiger partial charge is 0.194 e. The maximum atomic E-state index is 8.81. The molecule has 5 nitrogen and oxygen atoms in total. The fourth-order valence-electron chi connectivity index (χ4n) is 4.63. The normalized spacial score (nSPS) is 11.8.